The predicted octanol–water partition coefficient (Wildman–Crippen LogP) is 2.20. The third kappa shape index (κ3) is 3.88. The zero-order valence-corrected chi connectivity index (χ0v) is 13.4. The van der Waals surface area contributed by atoms with Gasteiger partial charge in [-0.05, 0) is 46.2 Å². The molecule has 1 N–H and O–H groups in total. The van der Waals surface area contributed by atoms with Crippen LogP contribution in [0.15, 0.2) is 22.8 Å². The number of hydrogen-bond donors (Lipinski definition) is 1. The summed E-state index contributed by atoms with van der Waals surface area (Å²) in [6.45, 7) is 7.51. The summed E-state index contributed by atoms with van der Waals surface area (Å²) in [4.78, 5) is 24.4. The fraction of sp³-hybridized carbons (Fsp3) is 0.625. The Kier molecular flexibility index (Phi) is 4.90. The Morgan fingerprint density at radius 3 is 2.64 bits per heavy atom. The van der Waals surface area contributed by atoms with E-state index in [9.17, 15) is 9.59 Å². The van der Waals surface area contributed by atoms with E-state index in [0.717, 1.165) is 0 Å². The van der Waals surface area contributed by atoms with E-state index in [1.54, 1.807) is 25.3 Å². The Morgan fingerprint density at radius 2 is 2.09 bits per heavy atom. The first-order chi connectivity index (χ1) is 10.3. The molecule has 6 nitrogen and oxygen atoms in total. The zero-order valence-electron chi connectivity index (χ0n) is 13.4. The fourth-order valence-corrected chi connectivity index (χ4v) is 2.56. The van der Waals surface area contributed by atoms with E-state index in [1.807, 2.05) is 20.8 Å². The van der Waals surface area contributed by atoms with Gasteiger partial charge in [0.1, 0.15) is 17.4 Å². The van der Waals surface area contributed by atoms with E-state index in [-0.39, 0.29) is 18.0 Å². The molecule has 0 spiro atoms. The standard InChI is InChI=1S/C16H23NO5/c1-5-20-15(19)11-9-10(14(18)22-16(2,3)4)13(17-11)12-7-6-8-21-12/h6-8,10-11,13,17H,5,9H2,1-4H3/t10-,11+,13?/m0/s1. The minimum Gasteiger partial charge on any atom is -0.468 e. The van der Waals surface area contributed by atoms with Crippen molar-refractivity contribution in [3.63, 3.8) is 0 Å². The van der Waals surface area contributed by atoms with Crippen LogP contribution < -0.4 is 5.32 Å². The second kappa shape index (κ2) is 6.52. The van der Waals surface area contributed by atoms with Crippen LogP contribution in [0.1, 0.15) is 45.9 Å². The van der Waals surface area contributed by atoms with Crippen molar-refractivity contribution in [2.75, 3.05) is 6.61 Å². The minimum absolute atomic E-state index is 0.305. The number of hydrogen-bond acceptors (Lipinski definition) is 6. The molecule has 1 aliphatic heterocycles. The SMILES string of the molecule is CCOC(=O)[C@H]1C[C@H](C(=O)OC(C)(C)C)C(c2ccco2)N1. The maximum atomic E-state index is 12.4. The molecule has 1 saturated heterocycles. The molecule has 122 valence electrons. The minimum atomic E-state index is -0.577. The number of esters is 2. The van der Waals surface area contributed by atoms with Crippen LogP contribution in [0.2, 0.25) is 0 Å². The van der Waals surface area contributed by atoms with Gasteiger partial charge in [-0.1, -0.05) is 0 Å². The van der Waals surface area contributed by atoms with E-state index in [0.29, 0.717) is 18.8 Å². The van der Waals surface area contributed by atoms with E-state index in [1.165, 1.54) is 0 Å². The maximum Gasteiger partial charge on any atom is 0.323 e. The molecule has 6 heteroatoms. The lowest BCUT2D eigenvalue weighted by molar-refractivity contribution is -0.160. The Hall–Kier alpha value is -1.82. The number of furan rings is 1. The van der Waals surface area contributed by atoms with E-state index < -0.39 is 17.6 Å². The average Bonchev–Trinajstić information content (AvgIpc) is 3.06. The molecule has 1 fully saturated rings. The van der Waals surface area contributed by atoms with Crippen molar-refractivity contribution >= 4 is 11.9 Å². The molecule has 22 heavy (non-hydrogen) atoms. The van der Waals surface area contributed by atoms with Crippen LogP contribution >= 0.6 is 0 Å². The molecule has 1 aromatic heterocycles. The molecular formula is C16H23NO5. The highest BCUT2D eigenvalue weighted by Gasteiger charge is 2.45. The van der Waals surface area contributed by atoms with Crippen molar-refractivity contribution in [3.8, 4) is 0 Å². The molecule has 1 unspecified atom stereocenters. The molecule has 2 rings (SSSR count). The number of rotatable bonds is 4. The van der Waals surface area contributed by atoms with Gasteiger partial charge in [0.05, 0.1) is 24.8 Å². The lowest BCUT2D eigenvalue weighted by Crippen LogP contribution is -2.34. The highest BCUT2D eigenvalue weighted by atomic mass is 16.6. The van der Waals surface area contributed by atoms with Crippen LogP contribution in [-0.2, 0) is 19.1 Å². The second-order valence-corrected chi connectivity index (χ2v) is 6.34. The van der Waals surface area contributed by atoms with Gasteiger partial charge in [-0.3, -0.25) is 14.9 Å². The molecule has 1 aromatic rings. The molecule has 0 aromatic carbocycles. The summed E-state index contributed by atoms with van der Waals surface area (Å²) in [5.74, 6) is -0.569. The first kappa shape index (κ1) is 16.5. The summed E-state index contributed by atoms with van der Waals surface area (Å²) in [5.41, 5.74) is -0.577. The van der Waals surface area contributed by atoms with Crippen molar-refractivity contribution < 1.29 is 23.5 Å². The molecule has 0 saturated carbocycles. The van der Waals surface area contributed by atoms with E-state index in [2.05, 4.69) is 5.32 Å². The molecular weight excluding hydrogens is 286 g/mol. The monoisotopic (exact) mass is 309 g/mol. The van der Waals surface area contributed by atoms with Crippen LogP contribution in [0.3, 0.4) is 0 Å². The average molecular weight is 309 g/mol. The largest absolute Gasteiger partial charge is 0.468 e. The second-order valence-electron chi connectivity index (χ2n) is 6.34. The molecule has 0 aliphatic carbocycles. The van der Waals surface area contributed by atoms with Crippen molar-refractivity contribution in [1.82, 2.24) is 5.32 Å². The number of carbonyl (C=O) groups is 2. The molecule has 0 amide bonds. The molecule has 1 aliphatic rings. The van der Waals surface area contributed by atoms with Gasteiger partial charge in [0.2, 0.25) is 0 Å². The summed E-state index contributed by atoms with van der Waals surface area (Å²) in [6.07, 6.45) is 1.87. The Bertz CT molecular complexity index is 517. The predicted molar refractivity (Wildman–Crippen MR) is 79.0 cm³/mol. The first-order valence-electron chi connectivity index (χ1n) is 7.50. The smallest absolute Gasteiger partial charge is 0.323 e. The highest BCUT2D eigenvalue weighted by Crippen LogP contribution is 2.35. The Balaban J connectivity index is 2.17. The van der Waals surface area contributed by atoms with Gasteiger partial charge in [0.25, 0.3) is 0 Å². The number of ether oxygens (including phenoxy) is 2. The van der Waals surface area contributed by atoms with Crippen LogP contribution in [0.5, 0.6) is 0 Å². The summed E-state index contributed by atoms with van der Waals surface area (Å²) in [6, 6.07) is 2.61. The number of carbonyl (C=O) groups excluding carboxylic acids is 2. The van der Waals surface area contributed by atoms with E-state index in [4.69, 9.17) is 13.9 Å². The van der Waals surface area contributed by atoms with Gasteiger partial charge in [-0.2, -0.15) is 0 Å². The van der Waals surface area contributed by atoms with Gasteiger partial charge >= 0.3 is 11.9 Å². The van der Waals surface area contributed by atoms with Gasteiger partial charge in [-0.15, -0.1) is 0 Å². The lowest BCUT2D eigenvalue weighted by Gasteiger charge is -2.24. The normalized spacial score (nSPS) is 25.0. The van der Waals surface area contributed by atoms with Crippen LogP contribution in [0.25, 0.3) is 0 Å². The summed E-state index contributed by atoms with van der Waals surface area (Å²) >= 11 is 0. The van der Waals surface area contributed by atoms with Gasteiger partial charge in [0, 0.05) is 0 Å². The molecule has 0 radical (unpaired) electrons. The Labute approximate surface area is 130 Å². The van der Waals surface area contributed by atoms with Crippen molar-refractivity contribution in [2.24, 2.45) is 5.92 Å². The fourth-order valence-electron chi connectivity index (χ4n) is 2.56. The van der Waals surface area contributed by atoms with Crippen LogP contribution in [-0.4, -0.2) is 30.2 Å². The molecule has 2 heterocycles. The summed E-state index contributed by atoms with van der Waals surface area (Å²) in [7, 11) is 0. The first-order valence-corrected chi connectivity index (χ1v) is 7.50. The zero-order chi connectivity index (χ0) is 16.3. The van der Waals surface area contributed by atoms with Crippen LogP contribution in [0, 0.1) is 5.92 Å². The van der Waals surface area contributed by atoms with E-state index >= 15 is 0 Å². The topological polar surface area (TPSA) is 77.8 Å². The van der Waals surface area contributed by atoms with Gasteiger partial charge < -0.3 is 13.9 Å². The van der Waals surface area contributed by atoms with Crippen molar-refractivity contribution in [1.29, 1.82) is 0 Å². The lowest BCUT2D eigenvalue weighted by atomic mass is 9.97. The summed E-state index contributed by atoms with van der Waals surface area (Å²) < 4.78 is 15.9. The Morgan fingerprint density at radius 1 is 1.36 bits per heavy atom. The number of nitrogens with one attached hydrogen (secondary N) is 1. The highest BCUT2D eigenvalue weighted by molar-refractivity contribution is 5.80. The third-order valence-corrected chi connectivity index (χ3v) is 3.40. The maximum absolute atomic E-state index is 12.4. The van der Waals surface area contributed by atoms with Gasteiger partial charge in [-0.25, -0.2) is 0 Å². The molecule has 0 bridgehead atoms. The molecule has 3 atom stereocenters. The van der Waals surface area contributed by atoms with Crippen LogP contribution in [0.4, 0.5) is 0 Å². The quantitative estimate of drug-likeness (QED) is 0.859. The van der Waals surface area contributed by atoms with Crippen molar-refractivity contribution in [3.05, 3.63) is 24.2 Å². The summed E-state index contributed by atoms with van der Waals surface area (Å²) in [5, 5.41) is 3.13. The van der Waals surface area contributed by atoms with Gasteiger partial charge in [0.15, 0.2) is 0 Å². The third-order valence-electron chi connectivity index (χ3n) is 3.40. The van der Waals surface area contributed by atoms with Crippen molar-refractivity contribution in [2.45, 2.75) is 51.8 Å².